The summed E-state index contributed by atoms with van der Waals surface area (Å²) < 4.78 is 15.9. The van der Waals surface area contributed by atoms with E-state index in [-0.39, 0.29) is 17.9 Å². The van der Waals surface area contributed by atoms with Crippen molar-refractivity contribution in [1.29, 1.82) is 0 Å². The van der Waals surface area contributed by atoms with Crippen LogP contribution >= 0.6 is 11.8 Å². The van der Waals surface area contributed by atoms with Crippen LogP contribution in [0.15, 0.2) is 48.5 Å². The molecule has 1 saturated heterocycles. The molecule has 1 amide bonds. The van der Waals surface area contributed by atoms with Crippen LogP contribution < -0.4 is 9.47 Å². The molecule has 1 heterocycles. The van der Waals surface area contributed by atoms with E-state index in [1.807, 2.05) is 24.3 Å². The van der Waals surface area contributed by atoms with E-state index in [2.05, 4.69) is 0 Å². The predicted octanol–water partition coefficient (Wildman–Crippen LogP) is 3.52. The SMILES string of the molecule is CCOC(=O)C1CSC(c2ccccc2OC)N1C(=O)c1ccc(OC)cc1. The molecule has 0 aromatic heterocycles. The van der Waals surface area contributed by atoms with Crippen LogP contribution in [0, 0.1) is 0 Å². The number of amides is 1. The molecule has 0 N–H and O–H groups in total. The summed E-state index contributed by atoms with van der Waals surface area (Å²) in [5.41, 5.74) is 1.33. The van der Waals surface area contributed by atoms with Gasteiger partial charge >= 0.3 is 5.97 Å². The maximum absolute atomic E-state index is 13.4. The lowest BCUT2D eigenvalue weighted by molar-refractivity contribution is -0.147. The monoisotopic (exact) mass is 401 g/mol. The van der Waals surface area contributed by atoms with E-state index < -0.39 is 12.0 Å². The Morgan fingerprint density at radius 2 is 1.79 bits per heavy atom. The first-order valence-corrected chi connectivity index (χ1v) is 10.0. The third-order valence-electron chi connectivity index (χ3n) is 4.54. The molecule has 2 aromatic carbocycles. The molecule has 1 fully saturated rings. The number of rotatable bonds is 6. The lowest BCUT2D eigenvalue weighted by Gasteiger charge is -2.29. The van der Waals surface area contributed by atoms with E-state index in [4.69, 9.17) is 14.2 Å². The van der Waals surface area contributed by atoms with Crippen LogP contribution in [0.3, 0.4) is 0 Å². The second-order valence-electron chi connectivity index (χ2n) is 6.14. The lowest BCUT2D eigenvalue weighted by atomic mass is 10.1. The normalized spacial score (nSPS) is 18.6. The molecule has 0 spiro atoms. The number of nitrogens with zero attached hydrogens (tertiary/aromatic N) is 1. The Morgan fingerprint density at radius 1 is 1.07 bits per heavy atom. The second-order valence-corrected chi connectivity index (χ2v) is 7.25. The van der Waals surface area contributed by atoms with Crippen molar-refractivity contribution in [2.75, 3.05) is 26.6 Å². The molecular weight excluding hydrogens is 378 g/mol. The molecule has 1 aliphatic heterocycles. The first kappa shape index (κ1) is 20.1. The third kappa shape index (κ3) is 3.94. The van der Waals surface area contributed by atoms with Gasteiger partial charge in [-0.05, 0) is 37.3 Å². The molecule has 3 rings (SSSR count). The number of hydrogen-bond donors (Lipinski definition) is 0. The number of thioether (sulfide) groups is 1. The van der Waals surface area contributed by atoms with Crippen LogP contribution in [-0.4, -0.2) is 49.4 Å². The summed E-state index contributed by atoms with van der Waals surface area (Å²) in [7, 11) is 3.17. The van der Waals surface area contributed by atoms with Gasteiger partial charge in [0.15, 0.2) is 0 Å². The van der Waals surface area contributed by atoms with Crippen LogP contribution in [-0.2, 0) is 9.53 Å². The van der Waals surface area contributed by atoms with E-state index in [1.54, 1.807) is 50.3 Å². The van der Waals surface area contributed by atoms with Gasteiger partial charge < -0.3 is 19.1 Å². The molecule has 2 aromatic rings. The van der Waals surface area contributed by atoms with Gasteiger partial charge in [0.2, 0.25) is 0 Å². The van der Waals surface area contributed by atoms with E-state index in [0.717, 1.165) is 5.56 Å². The van der Waals surface area contributed by atoms with Crippen LogP contribution in [0.2, 0.25) is 0 Å². The number of methoxy groups -OCH3 is 2. The summed E-state index contributed by atoms with van der Waals surface area (Å²) in [6.07, 6.45) is 0. The fourth-order valence-corrected chi connectivity index (χ4v) is 4.61. The molecule has 0 radical (unpaired) electrons. The van der Waals surface area contributed by atoms with Gasteiger partial charge in [-0.2, -0.15) is 0 Å². The summed E-state index contributed by atoms with van der Waals surface area (Å²) in [4.78, 5) is 27.5. The Bertz CT molecular complexity index is 839. The van der Waals surface area contributed by atoms with Gasteiger partial charge in [0, 0.05) is 16.9 Å². The molecule has 7 heteroatoms. The van der Waals surface area contributed by atoms with Crippen molar-refractivity contribution in [1.82, 2.24) is 4.90 Å². The molecule has 148 valence electrons. The topological polar surface area (TPSA) is 65.1 Å². The Morgan fingerprint density at radius 3 is 2.43 bits per heavy atom. The first-order chi connectivity index (χ1) is 13.6. The Labute approximate surface area is 168 Å². The van der Waals surface area contributed by atoms with Crippen LogP contribution in [0.25, 0.3) is 0 Å². The van der Waals surface area contributed by atoms with Crippen molar-refractivity contribution in [3.05, 3.63) is 59.7 Å². The maximum Gasteiger partial charge on any atom is 0.329 e. The van der Waals surface area contributed by atoms with Gasteiger partial charge in [-0.15, -0.1) is 11.8 Å². The summed E-state index contributed by atoms with van der Waals surface area (Å²) >= 11 is 1.53. The molecular formula is C21H23NO5S. The van der Waals surface area contributed by atoms with Crippen LogP contribution in [0.4, 0.5) is 0 Å². The standard InChI is InChI=1S/C21H23NO5S/c1-4-27-21(24)17-13-28-20(16-7-5-6-8-18(16)26-3)22(17)19(23)14-9-11-15(25-2)12-10-14/h5-12,17,20H,4,13H2,1-3H3. The average Bonchev–Trinajstić information content (AvgIpc) is 3.18. The van der Waals surface area contributed by atoms with Gasteiger partial charge in [-0.1, -0.05) is 18.2 Å². The number of para-hydroxylation sites is 1. The van der Waals surface area contributed by atoms with Crippen molar-refractivity contribution in [3.8, 4) is 11.5 Å². The zero-order valence-electron chi connectivity index (χ0n) is 16.1. The quantitative estimate of drug-likeness (QED) is 0.690. The summed E-state index contributed by atoms with van der Waals surface area (Å²) in [6.45, 7) is 2.03. The Kier molecular flexibility index (Phi) is 6.46. The fraction of sp³-hybridized carbons (Fsp3) is 0.333. The Hall–Kier alpha value is -2.67. The van der Waals surface area contributed by atoms with Gasteiger partial charge in [-0.3, -0.25) is 4.79 Å². The van der Waals surface area contributed by atoms with E-state index in [9.17, 15) is 9.59 Å². The molecule has 0 aliphatic carbocycles. The minimum absolute atomic E-state index is 0.235. The van der Waals surface area contributed by atoms with Crippen LogP contribution in [0.1, 0.15) is 28.2 Å². The number of esters is 1. The van der Waals surface area contributed by atoms with Crippen LogP contribution in [0.5, 0.6) is 11.5 Å². The highest BCUT2D eigenvalue weighted by Gasteiger charge is 2.44. The minimum Gasteiger partial charge on any atom is -0.497 e. The smallest absolute Gasteiger partial charge is 0.329 e. The summed E-state index contributed by atoms with van der Waals surface area (Å²) in [5.74, 6) is 1.17. The molecule has 1 aliphatic rings. The van der Waals surface area contributed by atoms with Gasteiger partial charge in [0.1, 0.15) is 22.9 Å². The van der Waals surface area contributed by atoms with Gasteiger partial charge in [-0.25, -0.2) is 4.79 Å². The minimum atomic E-state index is -0.658. The largest absolute Gasteiger partial charge is 0.497 e. The fourth-order valence-electron chi connectivity index (χ4n) is 3.17. The van der Waals surface area contributed by atoms with Crippen molar-refractivity contribution in [2.45, 2.75) is 18.3 Å². The number of carbonyl (C=O) groups is 2. The lowest BCUT2D eigenvalue weighted by Crippen LogP contribution is -2.43. The molecule has 2 unspecified atom stereocenters. The van der Waals surface area contributed by atoms with Crippen molar-refractivity contribution < 1.29 is 23.8 Å². The van der Waals surface area contributed by atoms with Gasteiger partial charge in [0.05, 0.1) is 20.8 Å². The molecule has 0 saturated carbocycles. The first-order valence-electron chi connectivity index (χ1n) is 8.98. The molecule has 6 nitrogen and oxygen atoms in total. The van der Waals surface area contributed by atoms with Crippen molar-refractivity contribution >= 4 is 23.6 Å². The van der Waals surface area contributed by atoms with Crippen molar-refractivity contribution in [2.24, 2.45) is 0 Å². The average molecular weight is 401 g/mol. The summed E-state index contributed by atoms with van der Waals surface area (Å²) in [5, 5.41) is -0.347. The van der Waals surface area contributed by atoms with E-state index >= 15 is 0 Å². The second kappa shape index (κ2) is 9.01. The highest BCUT2D eigenvalue weighted by atomic mass is 32.2. The molecule has 28 heavy (non-hydrogen) atoms. The highest BCUT2D eigenvalue weighted by Crippen LogP contribution is 2.45. The summed E-state index contributed by atoms with van der Waals surface area (Å²) in [6, 6.07) is 13.7. The zero-order chi connectivity index (χ0) is 20.1. The Balaban J connectivity index is 1.99. The number of carbonyl (C=O) groups excluding carboxylic acids is 2. The number of ether oxygens (including phenoxy) is 3. The van der Waals surface area contributed by atoms with Gasteiger partial charge in [0.25, 0.3) is 5.91 Å². The predicted molar refractivity (Wildman–Crippen MR) is 108 cm³/mol. The number of benzene rings is 2. The maximum atomic E-state index is 13.4. The number of hydrogen-bond acceptors (Lipinski definition) is 6. The molecule has 0 bridgehead atoms. The van der Waals surface area contributed by atoms with E-state index in [0.29, 0.717) is 22.8 Å². The zero-order valence-corrected chi connectivity index (χ0v) is 16.9. The highest BCUT2D eigenvalue weighted by molar-refractivity contribution is 7.99. The third-order valence-corrected chi connectivity index (χ3v) is 5.84. The molecule has 2 atom stereocenters. The van der Waals surface area contributed by atoms with Crippen molar-refractivity contribution in [3.63, 3.8) is 0 Å². The van der Waals surface area contributed by atoms with E-state index in [1.165, 1.54) is 11.8 Å².